The van der Waals surface area contributed by atoms with Crippen molar-refractivity contribution in [3.05, 3.63) is 40.2 Å². The molecule has 3 rings (SSSR count). The second kappa shape index (κ2) is 4.66. The first-order valence-electron chi connectivity index (χ1n) is 6.73. The molecule has 0 aromatic carbocycles. The fourth-order valence-electron chi connectivity index (χ4n) is 2.77. The maximum absolute atomic E-state index is 9.48. The van der Waals surface area contributed by atoms with Crippen molar-refractivity contribution in [1.29, 1.82) is 5.26 Å². The molecule has 3 heterocycles. The van der Waals surface area contributed by atoms with Gasteiger partial charge in [-0.1, -0.05) is 0 Å². The highest BCUT2D eigenvalue weighted by atomic mass is 16.5. The minimum absolute atomic E-state index is 0.102. The molecule has 0 fully saturated rings. The van der Waals surface area contributed by atoms with Crippen LogP contribution >= 0.6 is 0 Å². The average molecular weight is 284 g/mol. The van der Waals surface area contributed by atoms with Gasteiger partial charge in [-0.15, -0.1) is 5.10 Å². The number of ether oxygens (including phenoxy) is 1. The van der Waals surface area contributed by atoms with E-state index in [1.165, 1.54) is 0 Å². The molecule has 0 bridgehead atoms. The molecule has 1 aliphatic rings. The molecule has 0 spiro atoms. The number of aromatic nitrogens is 4. The normalized spacial score (nSPS) is 17.3. The molecule has 2 aromatic heterocycles. The van der Waals surface area contributed by atoms with Crippen molar-refractivity contribution in [2.45, 2.75) is 33.2 Å². The smallest absolute Gasteiger partial charge is 0.244 e. The number of nitrogens with two attached hydrogens (primary N) is 1. The fraction of sp³-hybridized carbons (Fsp3) is 0.357. The number of rotatable bonds is 2. The van der Waals surface area contributed by atoms with E-state index in [0.717, 1.165) is 29.1 Å². The molecule has 0 unspecified atom stereocenters. The zero-order valence-electron chi connectivity index (χ0n) is 12.1. The highest BCUT2D eigenvalue weighted by molar-refractivity contribution is 5.55. The lowest BCUT2D eigenvalue weighted by atomic mass is 9.84. The van der Waals surface area contributed by atoms with Crippen LogP contribution in [0.5, 0.6) is 5.88 Å². The Labute approximate surface area is 122 Å². The van der Waals surface area contributed by atoms with Crippen LogP contribution in [0.3, 0.4) is 0 Å². The quantitative estimate of drug-likeness (QED) is 0.868. The zero-order valence-corrected chi connectivity index (χ0v) is 12.1. The van der Waals surface area contributed by atoms with Crippen LogP contribution in [-0.2, 0) is 6.54 Å². The largest absolute Gasteiger partial charge is 0.420 e. The predicted molar refractivity (Wildman–Crippen MR) is 75.3 cm³/mol. The molecule has 7 nitrogen and oxygen atoms in total. The van der Waals surface area contributed by atoms with Gasteiger partial charge in [0.1, 0.15) is 11.6 Å². The van der Waals surface area contributed by atoms with Crippen molar-refractivity contribution < 1.29 is 4.74 Å². The number of aromatic amines is 1. The minimum Gasteiger partial charge on any atom is -0.420 e. The van der Waals surface area contributed by atoms with Gasteiger partial charge in [0.15, 0.2) is 0 Å². The number of nitriles is 1. The van der Waals surface area contributed by atoms with Gasteiger partial charge in [-0.25, -0.2) is 0 Å². The molecule has 3 N–H and O–H groups in total. The van der Waals surface area contributed by atoms with Crippen LogP contribution in [0.4, 0.5) is 0 Å². The van der Waals surface area contributed by atoms with Crippen molar-refractivity contribution in [1.82, 2.24) is 20.0 Å². The van der Waals surface area contributed by atoms with E-state index in [2.05, 4.69) is 21.4 Å². The second-order valence-electron chi connectivity index (χ2n) is 4.99. The maximum Gasteiger partial charge on any atom is 0.244 e. The average Bonchev–Trinajstić information content (AvgIpc) is 3.01. The van der Waals surface area contributed by atoms with Crippen molar-refractivity contribution in [2.24, 2.45) is 5.73 Å². The van der Waals surface area contributed by atoms with Crippen LogP contribution in [0.1, 0.15) is 35.4 Å². The minimum atomic E-state index is -0.294. The number of hydrogen-bond donors (Lipinski definition) is 2. The Bertz CT molecular complexity index is 776. The van der Waals surface area contributed by atoms with Gasteiger partial charge in [-0.2, -0.15) is 10.4 Å². The van der Waals surface area contributed by atoms with Gasteiger partial charge in [0.05, 0.1) is 12.1 Å². The Morgan fingerprint density at radius 2 is 2.29 bits per heavy atom. The number of fused-ring (bicyclic) bond motifs is 1. The summed E-state index contributed by atoms with van der Waals surface area (Å²) in [6, 6.07) is 2.17. The zero-order chi connectivity index (χ0) is 15.1. The lowest BCUT2D eigenvalue weighted by Gasteiger charge is -2.23. The Hall–Kier alpha value is -2.75. The fourth-order valence-corrected chi connectivity index (χ4v) is 2.77. The Balaban J connectivity index is 2.25. The maximum atomic E-state index is 9.48. The molecule has 0 amide bonds. The first-order valence-corrected chi connectivity index (χ1v) is 6.73. The second-order valence-corrected chi connectivity index (χ2v) is 4.99. The van der Waals surface area contributed by atoms with Crippen molar-refractivity contribution in [3.63, 3.8) is 0 Å². The van der Waals surface area contributed by atoms with E-state index in [9.17, 15) is 5.26 Å². The van der Waals surface area contributed by atoms with Crippen molar-refractivity contribution >= 4 is 0 Å². The Morgan fingerprint density at radius 1 is 1.52 bits per heavy atom. The highest BCUT2D eigenvalue weighted by Gasteiger charge is 2.35. The molecule has 2 aromatic rings. The van der Waals surface area contributed by atoms with Crippen LogP contribution in [0.25, 0.3) is 0 Å². The molecular formula is C14H16N6O. The van der Waals surface area contributed by atoms with Crippen LogP contribution in [0, 0.1) is 25.2 Å². The number of hydrogen-bond acceptors (Lipinski definition) is 5. The SMILES string of the molecule is CCn1ncc([C@@H]2C(C#N)=C(N)Oc3n[nH]c(C)c32)c1C. The number of aryl methyl sites for hydroxylation is 2. The van der Waals surface area contributed by atoms with Crippen LogP contribution < -0.4 is 10.5 Å². The van der Waals surface area contributed by atoms with E-state index in [4.69, 9.17) is 10.5 Å². The number of H-pyrrole nitrogens is 1. The monoisotopic (exact) mass is 284 g/mol. The summed E-state index contributed by atoms with van der Waals surface area (Å²) in [4.78, 5) is 0. The van der Waals surface area contributed by atoms with E-state index in [0.29, 0.717) is 11.5 Å². The van der Waals surface area contributed by atoms with Crippen molar-refractivity contribution in [3.8, 4) is 11.9 Å². The molecule has 0 saturated carbocycles. The van der Waals surface area contributed by atoms with Gasteiger partial charge >= 0.3 is 0 Å². The topological polar surface area (TPSA) is 106 Å². The highest BCUT2D eigenvalue weighted by Crippen LogP contribution is 2.43. The van der Waals surface area contributed by atoms with E-state index >= 15 is 0 Å². The van der Waals surface area contributed by atoms with Gasteiger partial charge in [0.25, 0.3) is 0 Å². The summed E-state index contributed by atoms with van der Waals surface area (Å²) in [6.45, 7) is 6.69. The first-order chi connectivity index (χ1) is 10.1. The number of nitrogens with zero attached hydrogens (tertiary/aromatic N) is 4. The molecule has 1 aliphatic heterocycles. The molecular weight excluding hydrogens is 268 g/mol. The Morgan fingerprint density at radius 3 is 2.90 bits per heavy atom. The van der Waals surface area contributed by atoms with Crippen LogP contribution in [0.15, 0.2) is 17.7 Å². The molecule has 7 heteroatoms. The summed E-state index contributed by atoms with van der Waals surface area (Å²) in [6.07, 6.45) is 1.79. The summed E-state index contributed by atoms with van der Waals surface area (Å²) < 4.78 is 7.34. The van der Waals surface area contributed by atoms with Crippen LogP contribution in [-0.4, -0.2) is 20.0 Å². The van der Waals surface area contributed by atoms with E-state index in [-0.39, 0.29) is 11.8 Å². The molecule has 21 heavy (non-hydrogen) atoms. The Kier molecular flexibility index (Phi) is 2.94. The van der Waals surface area contributed by atoms with Gasteiger partial charge in [-0.3, -0.25) is 9.78 Å². The molecule has 1 atom stereocenters. The third-order valence-corrected chi connectivity index (χ3v) is 3.88. The predicted octanol–water partition coefficient (Wildman–Crippen LogP) is 1.46. The lowest BCUT2D eigenvalue weighted by Crippen LogP contribution is -2.21. The van der Waals surface area contributed by atoms with Crippen LogP contribution in [0.2, 0.25) is 0 Å². The molecule has 108 valence electrons. The van der Waals surface area contributed by atoms with E-state index in [1.807, 2.05) is 25.5 Å². The van der Waals surface area contributed by atoms with Gasteiger partial charge in [-0.05, 0) is 20.8 Å². The van der Waals surface area contributed by atoms with E-state index in [1.54, 1.807) is 6.20 Å². The summed E-state index contributed by atoms with van der Waals surface area (Å²) in [7, 11) is 0. The number of allylic oxidation sites excluding steroid dienone is 1. The standard InChI is InChI=1S/C14H16N6O/c1-4-20-8(3)10(6-17-20)12-9(5-15)13(16)21-14-11(12)7(2)18-19-14/h6,12H,4,16H2,1-3H3,(H,18,19)/t12-/m0/s1. The summed E-state index contributed by atoms with van der Waals surface area (Å²) >= 11 is 0. The van der Waals surface area contributed by atoms with Crippen molar-refractivity contribution in [2.75, 3.05) is 0 Å². The summed E-state index contributed by atoms with van der Waals surface area (Å²) in [5.74, 6) is 0.237. The first kappa shape index (κ1) is 13.2. The van der Waals surface area contributed by atoms with Gasteiger partial charge in [0.2, 0.25) is 11.8 Å². The van der Waals surface area contributed by atoms with E-state index < -0.39 is 0 Å². The van der Waals surface area contributed by atoms with Gasteiger partial charge in [0, 0.05) is 29.1 Å². The number of nitrogens with one attached hydrogen (secondary N) is 1. The summed E-state index contributed by atoms with van der Waals surface area (Å²) in [5, 5.41) is 20.8. The molecule has 0 radical (unpaired) electrons. The molecule has 0 aliphatic carbocycles. The third-order valence-electron chi connectivity index (χ3n) is 3.88. The van der Waals surface area contributed by atoms with Gasteiger partial charge < -0.3 is 10.5 Å². The molecule has 0 saturated heterocycles. The third kappa shape index (κ3) is 1.80. The summed E-state index contributed by atoms with van der Waals surface area (Å²) in [5.41, 5.74) is 9.95. The lowest BCUT2D eigenvalue weighted by molar-refractivity contribution is 0.378.